The molecule has 0 aliphatic carbocycles. The van der Waals surface area contributed by atoms with Crippen molar-refractivity contribution in [3.63, 3.8) is 0 Å². The number of nitrogens with zero attached hydrogens (tertiary/aromatic N) is 3. The highest BCUT2D eigenvalue weighted by Crippen LogP contribution is 2.32. The Kier molecular flexibility index (Phi) is 6.13. The predicted molar refractivity (Wildman–Crippen MR) is 93.3 cm³/mol. The Bertz CT molecular complexity index is 812. The van der Waals surface area contributed by atoms with Gasteiger partial charge in [0.15, 0.2) is 6.61 Å². The lowest BCUT2D eigenvalue weighted by Crippen LogP contribution is -2.33. The Balaban J connectivity index is 1.53. The summed E-state index contributed by atoms with van der Waals surface area (Å²) in [6.45, 7) is 0.609. The molecule has 0 bridgehead atoms. The highest BCUT2D eigenvalue weighted by atomic mass is 19.4. The van der Waals surface area contributed by atoms with Crippen molar-refractivity contribution in [2.75, 3.05) is 19.7 Å². The fraction of sp³-hybridized carbons (Fsp3) is 0.421. The van der Waals surface area contributed by atoms with Gasteiger partial charge in [0.25, 0.3) is 5.91 Å². The smallest absolute Gasteiger partial charge is 0.418 e. The van der Waals surface area contributed by atoms with Crippen LogP contribution in [-0.2, 0) is 24.0 Å². The molecule has 0 saturated carbocycles. The van der Waals surface area contributed by atoms with Crippen LogP contribution in [0.25, 0.3) is 0 Å². The van der Waals surface area contributed by atoms with E-state index in [9.17, 15) is 18.0 Å². The SMILES string of the molecule is O=C(COc1ccc(CO)cc1)N1CCC(Cc2nnccc2C(F)(F)F)C1. The Morgan fingerprint density at radius 2 is 2.00 bits per heavy atom. The summed E-state index contributed by atoms with van der Waals surface area (Å²) in [5.74, 6) is 0.185. The van der Waals surface area contributed by atoms with Gasteiger partial charge in [0.05, 0.1) is 24.1 Å². The van der Waals surface area contributed by atoms with Crippen LogP contribution in [0.2, 0.25) is 0 Å². The van der Waals surface area contributed by atoms with Gasteiger partial charge in [-0.3, -0.25) is 4.79 Å². The summed E-state index contributed by atoms with van der Waals surface area (Å²) in [7, 11) is 0. The quantitative estimate of drug-likeness (QED) is 0.813. The largest absolute Gasteiger partial charge is 0.484 e. The molecule has 2 aromatic rings. The molecular formula is C19H20F3N3O3. The first-order chi connectivity index (χ1) is 13.4. The van der Waals surface area contributed by atoms with Gasteiger partial charge in [-0.15, -0.1) is 0 Å². The number of carbonyl (C=O) groups is 1. The van der Waals surface area contributed by atoms with Gasteiger partial charge in [-0.1, -0.05) is 12.1 Å². The molecule has 9 heteroatoms. The van der Waals surface area contributed by atoms with Gasteiger partial charge in [0.1, 0.15) is 5.75 Å². The average Bonchev–Trinajstić information content (AvgIpc) is 3.14. The van der Waals surface area contributed by atoms with E-state index in [4.69, 9.17) is 9.84 Å². The second-order valence-electron chi connectivity index (χ2n) is 6.68. The molecule has 1 aromatic carbocycles. The van der Waals surface area contributed by atoms with E-state index >= 15 is 0 Å². The minimum atomic E-state index is -4.47. The monoisotopic (exact) mass is 395 g/mol. The molecule has 1 aliphatic heterocycles. The number of aromatic nitrogens is 2. The summed E-state index contributed by atoms with van der Waals surface area (Å²) in [6.07, 6.45) is -2.72. The van der Waals surface area contributed by atoms with Crippen molar-refractivity contribution < 1.29 is 27.8 Å². The van der Waals surface area contributed by atoms with Gasteiger partial charge < -0.3 is 14.7 Å². The summed E-state index contributed by atoms with van der Waals surface area (Å²) in [4.78, 5) is 13.9. The zero-order valence-corrected chi connectivity index (χ0v) is 15.0. The molecule has 1 unspecified atom stereocenters. The minimum absolute atomic E-state index is 0.0732. The number of rotatable bonds is 6. The molecular weight excluding hydrogens is 375 g/mol. The van der Waals surface area contributed by atoms with Crippen LogP contribution in [0.3, 0.4) is 0 Å². The van der Waals surface area contributed by atoms with Gasteiger partial charge >= 0.3 is 6.18 Å². The maximum Gasteiger partial charge on any atom is 0.418 e. The molecule has 0 spiro atoms. The predicted octanol–water partition coefficient (Wildman–Crippen LogP) is 2.46. The third-order valence-corrected chi connectivity index (χ3v) is 4.69. The van der Waals surface area contributed by atoms with Gasteiger partial charge in [-0.05, 0) is 42.5 Å². The molecule has 150 valence electrons. The van der Waals surface area contributed by atoms with E-state index in [2.05, 4.69) is 10.2 Å². The number of carbonyl (C=O) groups excluding carboxylic acids is 1. The van der Waals surface area contributed by atoms with E-state index in [0.29, 0.717) is 25.3 Å². The lowest BCUT2D eigenvalue weighted by atomic mass is 9.99. The van der Waals surface area contributed by atoms with Crippen LogP contribution in [0.1, 0.15) is 23.2 Å². The maximum absolute atomic E-state index is 13.1. The Hall–Kier alpha value is -2.68. The second-order valence-corrected chi connectivity index (χ2v) is 6.68. The summed E-state index contributed by atoms with van der Waals surface area (Å²) in [5, 5.41) is 16.2. The lowest BCUT2D eigenvalue weighted by molar-refractivity contribution is -0.138. The molecule has 6 nitrogen and oxygen atoms in total. The van der Waals surface area contributed by atoms with Crippen LogP contribution < -0.4 is 4.74 Å². The molecule has 1 aliphatic rings. The maximum atomic E-state index is 13.1. The van der Waals surface area contributed by atoms with Crippen molar-refractivity contribution in [1.82, 2.24) is 15.1 Å². The Morgan fingerprint density at radius 3 is 2.68 bits per heavy atom. The van der Waals surface area contributed by atoms with Crippen LogP contribution in [0.5, 0.6) is 5.75 Å². The number of halogens is 3. The number of amides is 1. The number of hydrogen-bond acceptors (Lipinski definition) is 5. The average molecular weight is 395 g/mol. The Morgan fingerprint density at radius 1 is 1.25 bits per heavy atom. The number of benzene rings is 1. The Labute approximate surface area is 160 Å². The first kappa shape index (κ1) is 20.1. The van der Waals surface area contributed by atoms with Gasteiger partial charge in [0.2, 0.25) is 0 Å². The molecule has 28 heavy (non-hydrogen) atoms. The van der Waals surface area contributed by atoms with Crippen molar-refractivity contribution >= 4 is 5.91 Å². The van der Waals surface area contributed by atoms with E-state index in [1.807, 2.05) is 0 Å². The van der Waals surface area contributed by atoms with Crippen LogP contribution in [0.15, 0.2) is 36.5 Å². The van der Waals surface area contributed by atoms with Crippen LogP contribution >= 0.6 is 0 Å². The highest BCUT2D eigenvalue weighted by molar-refractivity contribution is 5.78. The highest BCUT2D eigenvalue weighted by Gasteiger charge is 2.36. The van der Waals surface area contributed by atoms with Gasteiger partial charge in [-0.2, -0.15) is 23.4 Å². The third-order valence-electron chi connectivity index (χ3n) is 4.69. The third kappa shape index (κ3) is 4.98. The van der Waals surface area contributed by atoms with Gasteiger partial charge in [0, 0.05) is 13.1 Å². The fourth-order valence-corrected chi connectivity index (χ4v) is 3.20. The molecule has 1 aromatic heterocycles. The van der Waals surface area contributed by atoms with Crippen LogP contribution in [-0.4, -0.2) is 45.8 Å². The topological polar surface area (TPSA) is 75.6 Å². The lowest BCUT2D eigenvalue weighted by Gasteiger charge is -2.17. The first-order valence-corrected chi connectivity index (χ1v) is 8.85. The number of likely N-dealkylation sites (tertiary alicyclic amines) is 1. The van der Waals surface area contributed by atoms with Crippen molar-refractivity contribution in [3.05, 3.63) is 53.3 Å². The zero-order valence-electron chi connectivity index (χ0n) is 15.0. The molecule has 1 saturated heterocycles. The number of ether oxygens (including phenoxy) is 1. The van der Waals surface area contributed by atoms with Crippen LogP contribution in [0, 0.1) is 5.92 Å². The van der Waals surface area contributed by atoms with E-state index in [1.165, 1.54) is 0 Å². The normalized spacial score (nSPS) is 17.0. The van der Waals surface area contributed by atoms with E-state index in [1.54, 1.807) is 29.2 Å². The standard InChI is InChI=1S/C19H20F3N3O3/c20-19(21,22)16-5-7-23-24-17(16)9-14-6-8-25(10-14)18(27)12-28-15-3-1-13(11-26)2-4-15/h1-5,7,14,26H,6,8-12H2. The van der Waals surface area contributed by atoms with Crippen molar-refractivity contribution in [2.24, 2.45) is 5.92 Å². The molecule has 1 fully saturated rings. The van der Waals surface area contributed by atoms with E-state index in [-0.39, 0.29) is 37.2 Å². The number of aliphatic hydroxyl groups excluding tert-OH is 1. The number of hydrogen-bond donors (Lipinski definition) is 1. The fourth-order valence-electron chi connectivity index (χ4n) is 3.20. The molecule has 3 rings (SSSR count). The first-order valence-electron chi connectivity index (χ1n) is 8.85. The zero-order chi connectivity index (χ0) is 20.1. The summed E-state index contributed by atoms with van der Waals surface area (Å²) >= 11 is 0. The minimum Gasteiger partial charge on any atom is -0.484 e. The van der Waals surface area contributed by atoms with E-state index in [0.717, 1.165) is 17.8 Å². The molecule has 1 N–H and O–H groups in total. The second kappa shape index (κ2) is 8.55. The number of aliphatic hydroxyl groups is 1. The summed E-state index contributed by atoms with van der Waals surface area (Å²) in [5.41, 5.74) is -0.125. The molecule has 2 heterocycles. The van der Waals surface area contributed by atoms with Crippen molar-refractivity contribution in [3.8, 4) is 5.75 Å². The van der Waals surface area contributed by atoms with Crippen molar-refractivity contribution in [2.45, 2.75) is 25.6 Å². The molecule has 1 atom stereocenters. The van der Waals surface area contributed by atoms with Crippen LogP contribution in [0.4, 0.5) is 13.2 Å². The molecule has 1 amide bonds. The van der Waals surface area contributed by atoms with Gasteiger partial charge in [-0.25, -0.2) is 0 Å². The summed E-state index contributed by atoms with van der Waals surface area (Å²) < 4.78 is 44.7. The molecule has 0 radical (unpaired) electrons. The number of alkyl halides is 3. The summed E-state index contributed by atoms with van der Waals surface area (Å²) in [6, 6.07) is 7.66. The van der Waals surface area contributed by atoms with E-state index < -0.39 is 11.7 Å². The van der Waals surface area contributed by atoms with Crippen molar-refractivity contribution in [1.29, 1.82) is 0 Å².